The van der Waals surface area contributed by atoms with Gasteiger partial charge >= 0.3 is 11.9 Å². The number of hydrogen-bond donors (Lipinski definition) is 2. The molecule has 2 rings (SSSR count). The van der Waals surface area contributed by atoms with Gasteiger partial charge in [-0.25, -0.2) is 0 Å². The van der Waals surface area contributed by atoms with Gasteiger partial charge in [0.1, 0.15) is 11.6 Å². The summed E-state index contributed by atoms with van der Waals surface area (Å²) in [5.74, 6) is -2.18. The molecule has 1 aromatic carbocycles. The Hall–Kier alpha value is -1.92. The summed E-state index contributed by atoms with van der Waals surface area (Å²) in [6, 6.07) is 8.50. The largest absolute Gasteiger partial charge is 0.480 e. The summed E-state index contributed by atoms with van der Waals surface area (Å²) in [7, 11) is 0. The number of aliphatic hydroxyl groups excluding tert-OH is 1. The summed E-state index contributed by atoms with van der Waals surface area (Å²) in [6.45, 7) is 7.30. The fourth-order valence-electron chi connectivity index (χ4n) is 3.61. The Bertz CT molecular complexity index is 623. The Labute approximate surface area is 154 Å². The van der Waals surface area contributed by atoms with Gasteiger partial charge in [-0.2, -0.15) is 0 Å². The van der Waals surface area contributed by atoms with Crippen molar-refractivity contribution in [2.24, 2.45) is 5.92 Å². The third-order valence-corrected chi connectivity index (χ3v) is 4.67. The third kappa shape index (κ3) is 5.05. The van der Waals surface area contributed by atoms with Crippen molar-refractivity contribution >= 4 is 11.9 Å². The maximum Gasteiger partial charge on any atom is 0.320 e. The molecule has 26 heavy (non-hydrogen) atoms. The van der Waals surface area contributed by atoms with E-state index in [0.29, 0.717) is 19.4 Å². The number of carboxylic acid groups (broad SMARTS) is 1. The molecule has 1 aromatic rings. The first-order valence-corrected chi connectivity index (χ1v) is 9.03. The molecular formula is C20H29NO5. The molecule has 1 fully saturated rings. The van der Waals surface area contributed by atoms with E-state index in [1.54, 1.807) is 27.7 Å². The molecule has 0 aromatic heterocycles. The van der Waals surface area contributed by atoms with E-state index in [-0.39, 0.29) is 6.04 Å². The molecule has 1 heterocycles. The van der Waals surface area contributed by atoms with E-state index in [1.807, 2.05) is 35.2 Å². The minimum atomic E-state index is -0.930. The standard InChI is InChI=1S/C20H29NO5/c1-13(22)17(19(25)26-20(2,3)4)15-10-11-16(18(23)24)21(15)12-14-8-6-5-7-9-14/h5-9,13,15-17,22H,10-12H2,1-4H3,(H,23,24)/t13-,15-,16+,17-/m1/s1. The van der Waals surface area contributed by atoms with Gasteiger partial charge in [0.25, 0.3) is 0 Å². The molecular weight excluding hydrogens is 334 g/mol. The molecule has 1 aliphatic heterocycles. The molecule has 4 atom stereocenters. The lowest BCUT2D eigenvalue weighted by Gasteiger charge is -2.35. The summed E-state index contributed by atoms with van der Waals surface area (Å²) in [5, 5.41) is 19.9. The first-order valence-electron chi connectivity index (χ1n) is 9.03. The normalized spacial score (nSPS) is 23.4. The van der Waals surface area contributed by atoms with E-state index in [9.17, 15) is 19.8 Å². The second kappa shape index (κ2) is 8.18. The smallest absolute Gasteiger partial charge is 0.320 e. The first-order chi connectivity index (χ1) is 12.1. The molecule has 1 saturated heterocycles. The number of carboxylic acids is 1. The van der Waals surface area contributed by atoms with Crippen LogP contribution in [0.4, 0.5) is 0 Å². The van der Waals surface area contributed by atoms with Crippen molar-refractivity contribution in [3.8, 4) is 0 Å². The molecule has 0 amide bonds. The average Bonchev–Trinajstić information content (AvgIpc) is 2.90. The summed E-state index contributed by atoms with van der Waals surface area (Å²) in [4.78, 5) is 26.2. The van der Waals surface area contributed by atoms with Crippen molar-refractivity contribution in [1.29, 1.82) is 0 Å². The van der Waals surface area contributed by atoms with Gasteiger partial charge in [0.2, 0.25) is 0 Å². The van der Waals surface area contributed by atoms with Crippen molar-refractivity contribution < 1.29 is 24.5 Å². The predicted molar refractivity (Wildman–Crippen MR) is 97.4 cm³/mol. The molecule has 0 bridgehead atoms. The lowest BCUT2D eigenvalue weighted by atomic mass is 9.92. The summed E-state index contributed by atoms with van der Waals surface area (Å²) in [5.41, 5.74) is 0.304. The molecule has 6 nitrogen and oxygen atoms in total. The number of rotatable bonds is 6. The highest BCUT2D eigenvalue weighted by molar-refractivity contribution is 5.76. The monoisotopic (exact) mass is 363 g/mol. The quantitative estimate of drug-likeness (QED) is 0.755. The summed E-state index contributed by atoms with van der Waals surface area (Å²) >= 11 is 0. The van der Waals surface area contributed by atoms with Gasteiger partial charge in [0.05, 0.1) is 12.0 Å². The van der Waals surface area contributed by atoms with Gasteiger partial charge < -0.3 is 14.9 Å². The van der Waals surface area contributed by atoms with Gasteiger partial charge in [-0.15, -0.1) is 0 Å². The van der Waals surface area contributed by atoms with Crippen LogP contribution in [0.1, 0.15) is 46.1 Å². The van der Waals surface area contributed by atoms with E-state index < -0.39 is 35.6 Å². The number of aliphatic hydroxyl groups is 1. The number of esters is 1. The number of carbonyl (C=O) groups excluding carboxylic acids is 1. The Balaban J connectivity index is 2.29. The highest BCUT2D eigenvalue weighted by Crippen LogP contribution is 2.34. The van der Waals surface area contributed by atoms with Gasteiger partial charge in [-0.05, 0) is 46.1 Å². The van der Waals surface area contributed by atoms with Crippen LogP contribution in [0.5, 0.6) is 0 Å². The van der Waals surface area contributed by atoms with Crippen LogP contribution in [0.3, 0.4) is 0 Å². The van der Waals surface area contributed by atoms with Crippen LogP contribution >= 0.6 is 0 Å². The summed E-state index contributed by atoms with van der Waals surface area (Å²) < 4.78 is 5.49. The number of carbonyl (C=O) groups is 2. The van der Waals surface area contributed by atoms with Crippen LogP contribution in [-0.4, -0.2) is 50.8 Å². The molecule has 0 spiro atoms. The molecule has 0 unspecified atom stereocenters. The zero-order valence-electron chi connectivity index (χ0n) is 15.9. The minimum absolute atomic E-state index is 0.383. The van der Waals surface area contributed by atoms with Crippen molar-refractivity contribution in [2.75, 3.05) is 0 Å². The van der Waals surface area contributed by atoms with E-state index in [1.165, 1.54) is 0 Å². The summed E-state index contributed by atoms with van der Waals surface area (Å²) in [6.07, 6.45) is 0.0398. The second-order valence-corrected chi connectivity index (χ2v) is 7.96. The van der Waals surface area contributed by atoms with Crippen molar-refractivity contribution in [2.45, 2.75) is 70.9 Å². The molecule has 0 radical (unpaired) electrons. The van der Waals surface area contributed by atoms with E-state index in [4.69, 9.17) is 4.74 Å². The highest BCUT2D eigenvalue weighted by atomic mass is 16.6. The number of nitrogens with zero attached hydrogens (tertiary/aromatic N) is 1. The SMILES string of the molecule is C[C@@H](O)[C@@H](C(=O)OC(C)(C)C)[C@H]1CC[C@@H](C(=O)O)N1Cc1ccccc1. The number of aliphatic carboxylic acids is 1. The van der Waals surface area contributed by atoms with Gasteiger partial charge in [-0.3, -0.25) is 14.5 Å². The van der Waals surface area contributed by atoms with Crippen LogP contribution in [0, 0.1) is 5.92 Å². The Morgan fingerprint density at radius 2 is 1.85 bits per heavy atom. The van der Waals surface area contributed by atoms with Gasteiger partial charge in [0, 0.05) is 12.6 Å². The molecule has 6 heteroatoms. The van der Waals surface area contributed by atoms with Crippen LogP contribution in [-0.2, 0) is 20.9 Å². The van der Waals surface area contributed by atoms with Crippen molar-refractivity contribution in [1.82, 2.24) is 4.90 Å². The number of hydrogen-bond acceptors (Lipinski definition) is 5. The van der Waals surface area contributed by atoms with Crippen LogP contribution in [0.2, 0.25) is 0 Å². The zero-order chi connectivity index (χ0) is 19.5. The third-order valence-electron chi connectivity index (χ3n) is 4.67. The fourth-order valence-corrected chi connectivity index (χ4v) is 3.61. The number of benzene rings is 1. The van der Waals surface area contributed by atoms with E-state index in [0.717, 1.165) is 5.56 Å². The second-order valence-electron chi connectivity index (χ2n) is 7.96. The Morgan fingerprint density at radius 3 is 2.35 bits per heavy atom. The van der Waals surface area contributed by atoms with Crippen molar-refractivity contribution in [3.05, 3.63) is 35.9 Å². The molecule has 0 aliphatic carbocycles. The fraction of sp³-hybridized carbons (Fsp3) is 0.600. The van der Waals surface area contributed by atoms with Crippen LogP contribution in [0.15, 0.2) is 30.3 Å². The lowest BCUT2D eigenvalue weighted by Crippen LogP contribution is -2.49. The maximum absolute atomic E-state index is 12.7. The lowest BCUT2D eigenvalue weighted by molar-refractivity contribution is -0.168. The molecule has 0 saturated carbocycles. The zero-order valence-corrected chi connectivity index (χ0v) is 15.9. The average molecular weight is 363 g/mol. The molecule has 1 aliphatic rings. The number of ether oxygens (including phenoxy) is 1. The van der Waals surface area contributed by atoms with E-state index in [2.05, 4.69) is 0 Å². The van der Waals surface area contributed by atoms with Gasteiger partial charge in [0.15, 0.2) is 0 Å². The first kappa shape index (κ1) is 20.4. The topological polar surface area (TPSA) is 87.1 Å². The van der Waals surface area contributed by atoms with Crippen molar-refractivity contribution in [3.63, 3.8) is 0 Å². The molecule has 2 N–H and O–H groups in total. The Kier molecular flexibility index (Phi) is 6.42. The Morgan fingerprint density at radius 1 is 1.23 bits per heavy atom. The molecule has 144 valence electrons. The van der Waals surface area contributed by atoms with Crippen LogP contribution in [0.25, 0.3) is 0 Å². The van der Waals surface area contributed by atoms with Crippen LogP contribution < -0.4 is 0 Å². The number of likely N-dealkylation sites (tertiary alicyclic amines) is 1. The maximum atomic E-state index is 12.7. The van der Waals surface area contributed by atoms with Gasteiger partial charge in [-0.1, -0.05) is 30.3 Å². The highest BCUT2D eigenvalue weighted by Gasteiger charge is 2.46. The predicted octanol–water partition coefficient (Wildman–Crippen LogP) is 2.44. The van der Waals surface area contributed by atoms with E-state index >= 15 is 0 Å². The minimum Gasteiger partial charge on any atom is -0.480 e.